The van der Waals surface area contributed by atoms with Crippen molar-refractivity contribution in [3.05, 3.63) is 75.8 Å². The molecule has 0 unspecified atom stereocenters. The van der Waals surface area contributed by atoms with Gasteiger partial charge in [0.05, 0.1) is 16.9 Å². The number of para-hydroxylation sites is 1. The first-order chi connectivity index (χ1) is 14.6. The first-order valence-corrected chi connectivity index (χ1v) is 11.1. The Balaban J connectivity index is 1.48. The summed E-state index contributed by atoms with van der Waals surface area (Å²) in [6.07, 6.45) is 4.06. The van der Waals surface area contributed by atoms with Crippen molar-refractivity contribution in [1.82, 2.24) is 4.98 Å². The maximum Gasteiger partial charge on any atom is 0.338 e. The molecule has 2 aromatic carbocycles. The highest BCUT2D eigenvalue weighted by Crippen LogP contribution is 2.32. The topological polar surface area (TPSA) is 59.5 Å². The van der Waals surface area contributed by atoms with Gasteiger partial charge < -0.3 is 4.74 Å². The van der Waals surface area contributed by atoms with Crippen molar-refractivity contribution in [2.24, 2.45) is 0 Å². The molecular formula is C24H24N2O3S. The van der Waals surface area contributed by atoms with Crippen LogP contribution in [-0.2, 0) is 35.4 Å². The van der Waals surface area contributed by atoms with Crippen molar-refractivity contribution in [3.8, 4) is 0 Å². The van der Waals surface area contributed by atoms with E-state index in [0.717, 1.165) is 36.9 Å². The zero-order chi connectivity index (χ0) is 21.1. The van der Waals surface area contributed by atoms with Crippen LogP contribution in [0.4, 0.5) is 10.8 Å². The number of benzene rings is 2. The van der Waals surface area contributed by atoms with Gasteiger partial charge in [-0.2, -0.15) is 0 Å². The van der Waals surface area contributed by atoms with Crippen molar-refractivity contribution >= 4 is 34.0 Å². The summed E-state index contributed by atoms with van der Waals surface area (Å²) in [5.74, 6) is -0.453. The number of carbonyl (C=O) groups is 2. The number of ether oxygens (including phenoxy) is 1. The van der Waals surface area contributed by atoms with E-state index in [1.54, 1.807) is 4.90 Å². The molecule has 4 rings (SSSR count). The molecule has 0 spiro atoms. The van der Waals surface area contributed by atoms with Crippen LogP contribution in [0.5, 0.6) is 0 Å². The zero-order valence-electron chi connectivity index (χ0n) is 17.2. The molecule has 6 heteroatoms. The van der Waals surface area contributed by atoms with E-state index in [0.29, 0.717) is 16.4 Å². The minimum Gasteiger partial charge on any atom is -0.456 e. The first kappa shape index (κ1) is 20.3. The molecule has 0 bridgehead atoms. The van der Waals surface area contributed by atoms with Gasteiger partial charge in [-0.1, -0.05) is 31.2 Å². The molecule has 0 fully saturated rings. The number of carbonyl (C=O) groups excluding carboxylic acids is 2. The Bertz CT molecular complexity index is 1090. The van der Waals surface area contributed by atoms with Gasteiger partial charge in [0.25, 0.3) is 0 Å². The van der Waals surface area contributed by atoms with E-state index >= 15 is 0 Å². The third-order valence-electron chi connectivity index (χ3n) is 5.34. The average molecular weight is 421 g/mol. The Morgan fingerprint density at radius 2 is 1.93 bits per heavy atom. The number of aryl methyl sites for hydroxylation is 3. The number of esters is 1. The summed E-state index contributed by atoms with van der Waals surface area (Å²) in [6, 6.07) is 13.6. The van der Waals surface area contributed by atoms with Crippen LogP contribution in [0.1, 0.15) is 53.0 Å². The number of aromatic nitrogens is 1. The van der Waals surface area contributed by atoms with Crippen LogP contribution in [0.15, 0.2) is 47.8 Å². The standard InChI is InChI=1S/C24H24N2O3S/c1-3-17-7-4-5-10-22(17)26(16(2)27)24-25-21(15-30-24)14-29-23(28)20-12-11-18-8-6-9-19(18)13-20/h4-5,7,10-13,15H,3,6,8-9,14H2,1-2H3. The van der Waals surface area contributed by atoms with E-state index in [4.69, 9.17) is 4.74 Å². The van der Waals surface area contributed by atoms with Crippen LogP contribution in [0, 0.1) is 0 Å². The molecule has 1 aliphatic carbocycles. The second-order valence-corrected chi connectivity index (χ2v) is 8.21. The van der Waals surface area contributed by atoms with Gasteiger partial charge in [0.1, 0.15) is 6.61 Å². The van der Waals surface area contributed by atoms with Crippen molar-refractivity contribution in [2.75, 3.05) is 4.90 Å². The molecule has 5 nitrogen and oxygen atoms in total. The fourth-order valence-electron chi connectivity index (χ4n) is 3.82. The fourth-order valence-corrected chi connectivity index (χ4v) is 4.69. The van der Waals surface area contributed by atoms with Gasteiger partial charge >= 0.3 is 5.97 Å². The molecule has 3 aromatic rings. The molecule has 1 amide bonds. The van der Waals surface area contributed by atoms with E-state index in [2.05, 4.69) is 11.9 Å². The van der Waals surface area contributed by atoms with Crippen molar-refractivity contribution in [2.45, 2.75) is 46.1 Å². The molecule has 0 aliphatic heterocycles. The van der Waals surface area contributed by atoms with Gasteiger partial charge in [-0.25, -0.2) is 9.78 Å². The van der Waals surface area contributed by atoms with Crippen LogP contribution < -0.4 is 4.90 Å². The average Bonchev–Trinajstić information content (AvgIpc) is 3.41. The SMILES string of the molecule is CCc1ccccc1N(C(C)=O)c1nc(COC(=O)c2ccc3c(c2)CCC3)cs1. The van der Waals surface area contributed by atoms with E-state index in [-0.39, 0.29) is 18.5 Å². The maximum atomic E-state index is 12.5. The fraction of sp³-hybridized carbons (Fsp3) is 0.292. The lowest BCUT2D eigenvalue weighted by atomic mass is 10.1. The summed E-state index contributed by atoms with van der Waals surface area (Å²) in [4.78, 5) is 31.0. The number of rotatable bonds is 6. The predicted molar refractivity (Wildman–Crippen MR) is 118 cm³/mol. The summed E-state index contributed by atoms with van der Waals surface area (Å²) in [6.45, 7) is 3.66. The molecule has 0 atom stereocenters. The lowest BCUT2D eigenvalue weighted by Crippen LogP contribution is -2.23. The summed E-state index contributed by atoms with van der Waals surface area (Å²) >= 11 is 1.37. The second-order valence-electron chi connectivity index (χ2n) is 7.37. The molecule has 0 saturated heterocycles. The zero-order valence-corrected chi connectivity index (χ0v) is 18.0. The maximum absolute atomic E-state index is 12.5. The van der Waals surface area contributed by atoms with Crippen molar-refractivity contribution in [1.29, 1.82) is 0 Å². The van der Waals surface area contributed by atoms with Crippen LogP contribution in [0.3, 0.4) is 0 Å². The highest BCUT2D eigenvalue weighted by atomic mass is 32.1. The quantitative estimate of drug-likeness (QED) is 0.512. The third-order valence-corrected chi connectivity index (χ3v) is 6.22. The largest absolute Gasteiger partial charge is 0.456 e. The predicted octanol–water partition coefficient (Wildman–Crippen LogP) is 5.24. The Morgan fingerprint density at radius 1 is 1.13 bits per heavy atom. The van der Waals surface area contributed by atoms with Crippen LogP contribution >= 0.6 is 11.3 Å². The minimum absolute atomic E-state index is 0.0770. The van der Waals surface area contributed by atoms with Crippen molar-refractivity contribution in [3.63, 3.8) is 0 Å². The lowest BCUT2D eigenvalue weighted by molar-refractivity contribution is -0.115. The van der Waals surface area contributed by atoms with Crippen LogP contribution in [-0.4, -0.2) is 16.9 Å². The van der Waals surface area contributed by atoms with E-state index in [9.17, 15) is 9.59 Å². The van der Waals surface area contributed by atoms with Crippen LogP contribution in [0.25, 0.3) is 0 Å². The molecule has 154 valence electrons. The van der Waals surface area contributed by atoms with E-state index < -0.39 is 0 Å². The normalized spacial score (nSPS) is 12.5. The van der Waals surface area contributed by atoms with Crippen LogP contribution in [0.2, 0.25) is 0 Å². The number of hydrogen-bond acceptors (Lipinski definition) is 5. The van der Waals surface area contributed by atoms with Gasteiger partial charge in [-0.15, -0.1) is 11.3 Å². The first-order valence-electron chi connectivity index (χ1n) is 10.2. The molecule has 1 aliphatic rings. The molecule has 30 heavy (non-hydrogen) atoms. The van der Waals surface area contributed by atoms with Gasteiger partial charge in [0.2, 0.25) is 5.91 Å². The Labute approximate surface area is 180 Å². The summed E-state index contributed by atoms with van der Waals surface area (Å²) in [5, 5.41) is 2.41. The van der Waals surface area contributed by atoms with Gasteiger partial charge in [-0.05, 0) is 60.6 Å². The number of thiazole rings is 1. The third kappa shape index (κ3) is 4.14. The Kier molecular flexibility index (Phi) is 5.95. The lowest BCUT2D eigenvalue weighted by Gasteiger charge is -2.20. The minimum atomic E-state index is -0.348. The highest BCUT2D eigenvalue weighted by molar-refractivity contribution is 7.14. The monoisotopic (exact) mass is 420 g/mol. The van der Waals surface area contributed by atoms with E-state index in [1.807, 2.05) is 47.8 Å². The molecule has 0 radical (unpaired) electrons. The number of amides is 1. The summed E-state index contributed by atoms with van der Waals surface area (Å²) < 4.78 is 5.48. The molecule has 0 saturated carbocycles. The smallest absolute Gasteiger partial charge is 0.338 e. The van der Waals surface area contributed by atoms with Gasteiger partial charge in [0.15, 0.2) is 5.13 Å². The summed E-state index contributed by atoms with van der Waals surface area (Å²) in [7, 11) is 0. The second kappa shape index (κ2) is 8.79. The molecule has 1 heterocycles. The molecule has 1 aromatic heterocycles. The molecular weight excluding hydrogens is 396 g/mol. The number of hydrogen-bond donors (Lipinski definition) is 0. The number of nitrogens with zero attached hydrogens (tertiary/aromatic N) is 2. The number of anilines is 2. The van der Waals surface area contributed by atoms with Crippen molar-refractivity contribution < 1.29 is 14.3 Å². The number of fused-ring (bicyclic) bond motifs is 1. The Morgan fingerprint density at radius 3 is 2.73 bits per heavy atom. The van der Waals surface area contributed by atoms with E-state index in [1.165, 1.54) is 29.4 Å². The highest BCUT2D eigenvalue weighted by Gasteiger charge is 2.21. The van der Waals surface area contributed by atoms with Gasteiger partial charge in [0, 0.05) is 12.3 Å². The molecule has 0 N–H and O–H groups in total. The summed E-state index contributed by atoms with van der Waals surface area (Å²) in [5.41, 5.74) is 5.69. The van der Waals surface area contributed by atoms with Gasteiger partial charge in [-0.3, -0.25) is 9.69 Å². The Hall–Kier alpha value is -2.99.